The van der Waals surface area contributed by atoms with Gasteiger partial charge >= 0.3 is 5.97 Å². The highest BCUT2D eigenvalue weighted by molar-refractivity contribution is 5.88. The number of primary amides is 1. The number of rotatable bonds is 8. The molecule has 0 aliphatic carbocycles. The molecule has 0 aliphatic heterocycles. The van der Waals surface area contributed by atoms with Crippen molar-refractivity contribution in [3.8, 4) is 0 Å². The van der Waals surface area contributed by atoms with Crippen LogP contribution in [0.15, 0.2) is 30.3 Å². The van der Waals surface area contributed by atoms with Gasteiger partial charge < -0.3 is 21.9 Å². The molecule has 0 saturated carbocycles. The van der Waals surface area contributed by atoms with Crippen LogP contribution in [0.5, 0.6) is 0 Å². The van der Waals surface area contributed by atoms with E-state index in [2.05, 4.69) is 5.32 Å². The summed E-state index contributed by atoms with van der Waals surface area (Å²) in [7, 11) is 0. The number of carboxylic acid groups (broad SMARTS) is 1. The first-order valence-electron chi connectivity index (χ1n) is 6.51. The molecule has 6 N–H and O–H groups in total. The average Bonchev–Trinajstić information content (AvgIpc) is 2.44. The zero-order valence-electron chi connectivity index (χ0n) is 11.5. The Kier molecular flexibility index (Phi) is 6.35. The first kappa shape index (κ1) is 16.6. The van der Waals surface area contributed by atoms with Crippen LogP contribution in [0.2, 0.25) is 0 Å². The van der Waals surface area contributed by atoms with E-state index in [0.29, 0.717) is 6.42 Å². The summed E-state index contributed by atoms with van der Waals surface area (Å²) in [5.74, 6) is -2.56. The average molecular weight is 293 g/mol. The van der Waals surface area contributed by atoms with Crippen LogP contribution >= 0.6 is 0 Å². The molecule has 0 fully saturated rings. The Morgan fingerprint density at radius 3 is 2.33 bits per heavy atom. The lowest BCUT2D eigenvalue weighted by Gasteiger charge is -2.15. The molecule has 1 aromatic rings. The molecule has 0 aromatic heterocycles. The van der Waals surface area contributed by atoms with E-state index < -0.39 is 30.2 Å². The third-order valence-corrected chi connectivity index (χ3v) is 2.95. The quantitative estimate of drug-likeness (QED) is 0.531. The van der Waals surface area contributed by atoms with Crippen molar-refractivity contribution in [3.05, 3.63) is 35.9 Å². The van der Waals surface area contributed by atoms with E-state index in [1.807, 2.05) is 30.3 Å². The number of carbonyl (C=O) groups is 3. The minimum atomic E-state index is -1.30. The van der Waals surface area contributed by atoms with Crippen LogP contribution in [0.4, 0.5) is 0 Å². The van der Waals surface area contributed by atoms with Crippen LogP contribution in [0, 0.1) is 0 Å². The summed E-state index contributed by atoms with van der Waals surface area (Å²) in [6.07, 6.45) is 0.00315. The zero-order chi connectivity index (χ0) is 15.8. The van der Waals surface area contributed by atoms with E-state index in [-0.39, 0.29) is 12.5 Å². The molecule has 0 bridgehead atoms. The smallest absolute Gasteiger partial charge is 0.326 e. The number of aliphatic carboxylic acids is 1. The normalized spacial score (nSPS) is 13.2. The van der Waals surface area contributed by atoms with Crippen LogP contribution in [-0.2, 0) is 14.4 Å². The lowest BCUT2D eigenvalue weighted by Crippen LogP contribution is -2.43. The maximum atomic E-state index is 11.7. The molecule has 0 heterocycles. The SMILES string of the molecule is NC(=O)C[C@H](NC(=O)CCC(N)c1ccccc1)C(=O)O. The Balaban J connectivity index is 2.46. The molecule has 0 aliphatic rings. The van der Waals surface area contributed by atoms with E-state index in [1.54, 1.807) is 0 Å². The fourth-order valence-electron chi connectivity index (χ4n) is 1.82. The lowest BCUT2D eigenvalue weighted by molar-refractivity contribution is -0.143. The van der Waals surface area contributed by atoms with Gasteiger partial charge in [0, 0.05) is 12.5 Å². The van der Waals surface area contributed by atoms with Gasteiger partial charge in [-0.05, 0) is 12.0 Å². The highest BCUT2D eigenvalue weighted by Crippen LogP contribution is 2.14. The third-order valence-electron chi connectivity index (χ3n) is 2.95. The largest absolute Gasteiger partial charge is 0.480 e. The van der Waals surface area contributed by atoms with Gasteiger partial charge in [-0.1, -0.05) is 30.3 Å². The Bertz CT molecular complexity index is 504. The number of hydrogen-bond donors (Lipinski definition) is 4. The monoisotopic (exact) mass is 293 g/mol. The fourth-order valence-corrected chi connectivity index (χ4v) is 1.82. The molecular weight excluding hydrogens is 274 g/mol. The molecule has 7 nitrogen and oxygen atoms in total. The first-order chi connectivity index (χ1) is 9.90. The molecule has 21 heavy (non-hydrogen) atoms. The van der Waals surface area contributed by atoms with Crippen molar-refractivity contribution in [1.29, 1.82) is 0 Å². The minimum absolute atomic E-state index is 0.0681. The molecule has 0 saturated heterocycles. The molecule has 114 valence electrons. The van der Waals surface area contributed by atoms with Gasteiger partial charge in [0.15, 0.2) is 0 Å². The second-order valence-electron chi connectivity index (χ2n) is 4.68. The number of hydrogen-bond acceptors (Lipinski definition) is 4. The van der Waals surface area contributed by atoms with Gasteiger partial charge in [-0.3, -0.25) is 9.59 Å². The van der Waals surface area contributed by atoms with Crippen molar-refractivity contribution in [3.63, 3.8) is 0 Å². The van der Waals surface area contributed by atoms with E-state index in [0.717, 1.165) is 5.56 Å². The van der Waals surface area contributed by atoms with Crippen molar-refractivity contribution in [2.45, 2.75) is 31.3 Å². The van der Waals surface area contributed by atoms with E-state index in [9.17, 15) is 14.4 Å². The standard InChI is InChI=1S/C14H19N3O4/c15-10(9-4-2-1-3-5-9)6-7-13(19)17-11(14(20)21)8-12(16)18/h1-5,10-11H,6-8,15H2,(H2,16,18)(H,17,19)(H,20,21)/t10?,11-/m0/s1. The summed E-state index contributed by atoms with van der Waals surface area (Å²) in [4.78, 5) is 33.3. The fraction of sp³-hybridized carbons (Fsp3) is 0.357. The van der Waals surface area contributed by atoms with Crippen molar-refractivity contribution in [2.75, 3.05) is 0 Å². The summed E-state index contributed by atoms with van der Waals surface area (Å²) in [6.45, 7) is 0. The first-order valence-corrected chi connectivity index (χ1v) is 6.51. The number of carboxylic acids is 1. The Morgan fingerprint density at radius 2 is 1.81 bits per heavy atom. The van der Waals surface area contributed by atoms with Gasteiger partial charge in [-0.15, -0.1) is 0 Å². The van der Waals surface area contributed by atoms with Crippen LogP contribution in [0.25, 0.3) is 0 Å². The second kappa shape index (κ2) is 8.01. The van der Waals surface area contributed by atoms with Gasteiger partial charge in [0.2, 0.25) is 11.8 Å². The van der Waals surface area contributed by atoms with Crippen LogP contribution in [0.1, 0.15) is 30.9 Å². The maximum absolute atomic E-state index is 11.7. The third kappa shape index (κ3) is 6.05. The number of benzene rings is 1. The molecule has 0 radical (unpaired) electrons. The zero-order valence-corrected chi connectivity index (χ0v) is 11.5. The van der Waals surface area contributed by atoms with E-state index >= 15 is 0 Å². The van der Waals surface area contributed by atoms with Crippen LogP contribution < -0.4 is 16.8 Å². The second-order valence-corrected chi connectivity index (χ2v) is 4.68. The van der Waals surface area contributed by atoms with Crippen molar-refractivity contribution in [1.82, 2.24) is 5.32 Å². The molecule has 7 heteroatoms. The van der Waals surface area contributed by atoms with Crippen molar-refractivity contribution in [2.24, 2.45) is 11.5 Å². The van der Waals surface area contributed by atoms with Gasteiger partial charge in [0.05, 0.1) is 6.42 Å². The van der Waals surface area contributed by atoms with Crippen LogP contribution in [0.3, 0.4) is 0 Å². The van der Waals surface area contributed by atoms with E-state index in [4.69, 9.17) is 16.6 Å². The van der Waals surface area contributed by atoms with Crippen molar-refractivity contribution >= 4 is 17.8 Å². The summed E-state index contributed by atoms with van der Waals surface area (Å²) >= 11 is 0. The number of carbonyl (C=O) groups excluding carboxylic acids is 2. The Hall–Kier alpha value is -2.41. The van der Waals surface area contributed by atoms with Gasteiger partial charge in [-0.25, -0.2) is 4.79 Å². The topological polar surface area (TPSA) is 136 Å². The van der Waals surface area contributed by atoms with Crippen molar-refractivity contribution < 1.29 is 19.5 Å². The van der Waals surface area contributed by atoms with Gasteiger partial charge in [0.1, 0.15) is 6.04 Å². The molecule has 1 aromatic carbocycles. The highest BCUT2D eigenvalue weighted by atomic mass is 16.4. The van der Waals surface area contributed by atoms with E-state index in [1.165, 1.54) is 0 Å². The summed E-state index contributed by atoms with van der Waals surface area (Å²) in [5, 5.41) is 11.1. The predicted octanol–water partition coefficient (Wildman–Crippen LogP) is -0.0886. The number of amides is 2. The minimum Gasteiger partial charge on any atom is -0.480 e. The van der Waals surface area contributed by atoms with Gasteiger partial charge in [0.25, 0.3) is 0 Å². The predicted molar refractivity (Wildman–Crippen MR) is 76.0 cm³/mol. The number of nitrogens with one attached hydrogen (secondary N) is 1. The molecule has 1 unspecified atom stereocenters. The molecule has 1 rings (SSSR count). The Labute approximate surface area is 122 Å². The lowest BCUT2D eigenvalue weighted by atomic mass is 10.0. The summed E-state index contributed by atoms with van der Waals surface area (Å²) < 4.78 is 0. The Morgan fingerprint density at radius 1 is 1.19 bits per heavy atom. The highest BCUT2D eigenvalue weighted by Gasteiger charge is 2.22. The van der Waals surface area contributed by atoms with Crippen LogP contribution in [-0.4, -0.2) is 28.9 Å². The molecule has 2 atom stereocenters. The molecular formula is C14H19N3O4. The summed E-state index contributed by atoms with van der Waals surface area (Å²) in [5.41, 5.74) is 11.8. The number of nitrogens with two attached hydrogens (primary N) is 2. The summed E-state index contributed by atoms with van der Waals surface area (Å²) in [6, 6.07) is 7.67. The van der Waals surface area contributed by atoms with Gasteiger partial charge in [-0.2, -0.15) is 0 Å². The molecule has 2 amide bonds. The maximum Gasteiger partial charge on any atom is 0.326 e. The molecule has 0 spiro atoms.